The van der Waals surface area contributed by atoms with Crippen molar-refractivity contribution in [1.29, 1.82) is 0 Å². The van der Waals surface area contributed by atoms with Crippen molar-refractivity contribution in [1.82, 2.24) is 15.3 Å². The van der Waals surface area contributed by atoms with Gasteiger partial charge in [0.05, 0.1) is 44.7 Å². The molecule has 1 atom stereocenters. The number of aromatic nitrogens is 2. The summed E-state index contributed by atoms with van der Waals surface area (Å²) in [6.07, 6.45) is 0. The molecule has 2 aromatic heterocycles. The Hall–Kier alpha value is -3.67. The van der Waals surface area contributed by atoms with Crippen LogP contribution in [0.1, 0.15) is 46.0 Å². The van der Waals surface area contributed by atoms with Crippen LogP contribution in [0.3, 0.4) is 0 Å². The minimum absolute atomic E-state index is 0.0531. The maximum Gasteiger partial charge on any atom is 0.251 e. The maximum absolute atomic E-state index is 16.0. The number of nitrogens with one attached hydrogen (secondary N) is 1. The number of halogens is 4. The lowest BCUT2D eigenvalue weighted by Gasteiger charge is -2.31. The van der Waals surface area contributed by atoms with Crippen LogP contribution in [0.4, 0.5) is 8.78 Å². The van der Waals surface area contributed by atoms with Crippen molar-refractivity contribution in [3.05, 3.63) is 110 Å². The van der Waals surface area contributed by atoms with Gasteiger partial charge in [0.25, 0.3) is 5.91 Å². The average molecular weight is 659 g/mol. The van der Waals surface area contributed by atoms with E-state index in [0.29, 0.717) is 16.8 Å². The highest BCUT2D eigenvalue weighted by atomic mass is 35.5. The third kappa shape index (κ3) is 5.88. The van der Waals surface area contributed by atoms with Crippen molar-refractivity contribution in [3.8, 4) is 17.0 Å². The lowest BCUT2D eigenvalue weighted by atomic mass is 9.86. The number of thiazole rings is 1. The van der Waals surface area contributed by atoms with Crippen molar-refractivity contribution in [3.63, 3.8) is 0 Å². The van der Waals surface area contributed by atoms with Crippen molar-refractivity contribution < 1.29 is 28.5 Å². The molecule has 2 heterocycles. The highest BCUT2D eigenvalue weighted by Crippen LogP contribution is 2.40. The number of methoxy groups -OCH3 is 1. The summed E-state index contributed by atoms with van der Waals surface area (Å²) in [7, 11) is 1.48. The molecule has 0 fully saturated rings. The molecule has 3 aromatic carbocycles. The topological polar surface area (TPSA) is 105 Å². The van der Waals surface area contributed by atoms with Crippen LogP contribution in [0.15, 0.2) is 60.7 Å². The number of fused-ring (bicyclic) bond motifs is 1. The zero-order valence-corrected chi connectivity index (χ0v) is 26.3. The van der Waals surface area contributed by atoms with Gasteiger partial charge in [-0.3, -0.25) is 4.79 Å². The smallest absolute Gasteiger partial charge is 0.251 e. The lowest BCUT2D eigenvalue weighted by molar-refractivity contribution is 0.0625. The molecule has 228 valence electrons. The van der Waals surface area contributed by atoms with E-state index in [0.717, 1.165) is 15.8 Å². The van der Waals surface area contributed by atoms with Gasteiger partial charge in [0.15, 0.2) is 5.82 Å². The van der Waals surface area contributed by atoms with E-state index in [1.165, 1.54) is 44.4 Å². The lowest BCUT2D eigenvalue weighted by Crippen LogP contribution is -2.42. The van der Waals surface area contributed by atoms with E-state index in [1.807, 2.05) is 6.92 Å². The predicted octanol–water partition coefficient (Wildman–Crippen LogP) is 7.15. The molecule has 5 rings (SSSR count). The van der Waals surface area contributed by atoms with Gasteiger partial charge < -0.3 is 20.3 Å². The summed E-state index contributed by atoms with van der Waals surface area (Å²) in [6.45, 7) is 4.18. The van der Waals surface area contributed by atoms with Gasteiger partial charge in [-0.1, -0.05) is 53.5 Å². The van der Waals surface area contributed by atoms with Crippen LogP contribution >= 0.6 is 34.5 Å². The third-order valence-corrected chi connectivity index (χ3v) is 8.91. The van der Waals surface area contributed by atoms with E-state index in [9.17, 15) is 19.4 Å². The van der Waals surface area contributed by atoms with Crippen LogP contribution in [0, 0.1) is 18.6 Å². The van der Waals surface area contributed by atoms with Gasteiger partial charge in [0.1, 0.15) is 28.4 Å². The summed E-state index contributed by atoms with van der Waals surface area (Å²) in [5.41, 5.74) is -3.31. The van der Waals surface area contributed by atoms with Crippen LogP contribution in [0.25, 0.3) is 21.5 Å². The second-order valence-corrected chi connectivity index (χ2v) is 12.7. The molecule has 0 saturated heterocycles. The summed E-state index contributed by atoms with van der Waals surface area (Å²) in [6, 6.07) is 15.0. The van der Waals surface area contributed by atoms with Crippen LogP contribution in [0.5, 0.6) is 5.75 Å². The quantitative estimate of drug-likeness (QED) is 0.153. The summed E-state index contributed by atoms with van der Waals surface area (Å²) in [5.74, 6) is -1.86. The van der Waals surface area contributed by atoms with Gasteiger partial charge in [-0.15, -0.1) is 11.3 Å². The number of carbonyl (C=O) groups excluding carboxylic acids is 1. The molecular formula is C32H27Cl2F2N3O4S. The number of benzene rings is 3. The second kappa shape index (κ2) is 12.0. The fraction of sp³-hybridized carbons (Fsp3) is 0.219. The Kier molecular flexibility index (Phi) is 8.67. The van der Waals surface area contributed by atoms with Crippen molar-refractivity contribution in [2.75, 3.05) is 13.7 Å². The largest absolute Gasteiger partial charge is 0.494 e. The number of nitrogens with zero attached hydrogens (tertiary/aromatic N) is 2. The first-order chi connectivity index (χ1) is 20.7. The second-order valence-electron chi connectivity index (χ2n) is 10.7. The Bertz CT molecular complexity index is 1900. The summed E-state index contributed by atoms with van der Waals surface area (Å²) in [4.78, 5) is 22.4. The van der Waals surface area contributed by atoms with E-state index >= 15 is 4.39 Å². The first-order valence-corrected chi connectivity index (χ1v) is 14.9. The number of hydrogen-bond donors (Lipinski definition) is 3. The van der Waals surface area contributed by atoms with E-state index in [1.54, 1.807) is 42.5 Å². The number of rotatable bonds is 8. The molecule has 0 aliphatic heterocycles. The van der Waals surface area contributed by atoms with Crippen LogP contribution in [-0.4, -0.2) is 39.7 Å². The first-order valence-electron chi connectivity index (χ1n) is 13.3. The van der Waals surface area contributed by atoms with Gasteiger partial charge >= 0.3 is 0 Å². The molecule has 0 saturated carbocycles. The standard InChI is InChI=1S/C32H27Cl2F2N3O4S/c1-16-38-29-22(43-4)12-17(13-23(29)44-16)30(40)37-15-32(42,18-8-6-5-7-9-18)24-14-20(31(2,3)41)27(36)28(39-24)19-10-11-21(35)26(34)25(19)33/h5-14,41-42H,15H2,1-4H3,(H,37,40)/t32-/m1/s1. The molecular weight excluding hydrogens is 631 g/mol. The molecule has 44 heavy (non-hydrogen) atoms. The minimum atomic E-state index is -2.04. The van der Waals surface area contributed by atoms with Crippen LogP contribution < -0.4 is 10.1 Å². The summed E-state index contributed by atoms with van der Waals surface area (Å²) < 4.78 is 36.3. The van der Waals surface area contributed by atoms with E-state index < -0.39 is 40.3 Å². The number of amides is 1. The number of hydrogen-bond acceptors (Lipinski definition) is 7. The SMILES string of the molecule is COc1cc(C(=O)NC[C@@](O)(c2ccccc2)c2cc(C(C)(C)O)c(F)c(-c3ccc(F)c(Cl)c3Cl)n2)cc2sc(C)nc12. The number of aryl methyl sites for hydroxylation is 1. The molecule has 0 aliphatic rings. The normalized spacial score (nSPS) is 13.1. The minimum Gasteiger partial charge on any atom is -0.494 e. The highest BCUT2D eigenvalue weighted by Gasteiger charge is 2.37. The number of ether oxygens (including phenoxy) is 1. The molecule has 0 unspecified atom stereocenters. The van der Waals surface area contributed by atoms with Gasteiger partial charge in [0.2, 0.25) is 0 Å². The third-order valence-electron chi connectivity index (χ3n) is 7.14. The number of carbonyl (C=O) groups is 1. The maximum atomic E-state index is 16.0. The van der Waals surface area contributed by atoms with Gasteiger partial charge in [0, 0.05) is 16.7 Å². The number of pyridine rings is 1. The monoisotopic (exact) mass is 657 g/mol. The van der Waals surface area contributed by atoms with Crippen LogP contribution in [-0.2, 0) is 11.2 Å². The molecule has 0 spiro atoms. The van der Waals surface area contributed by atoms with Crippen molar-refractivity contribution in [2.24, 2.45) is 0 Å². The summed E-state index contributed by atoms with van der Waals surface area (Å²) >= 11 is 13.8. The number of aliphatic hydroxyl groups is 2. The first kappa shape index (κ1) is 31.7. The van der Waals surface area contributed by atoms with Gasteiger partial charge in [-0.2, -0.15) is 0 Å². The zero-order chi connectivity index (χ0) is 32.0. The molecule has 1 amide bonds. The molecule has 5 aromatic rings. The Morgan fingerprint density at radius 1 is 1.02 bits per heavy atom. The Labute approximate surface area is 266 Å². The van der Waals surface area contributed by atoms with E-state index in [-0.39, 0.29) is 33.1 Å². The molecule has 0 bridgehead atoms. The van der Waals surface area contributed by atoms with Crippen LogP contribution in [0.2, 0.25) is 10.0 Å². The van der Waals surface area contributed by atoms with E-state index in [4.69, 9.17) is 27.9 Å². The highest BCUT2D eigenvalue weighted by molar-refractivity contribution is 7.18. The van der Waals surface area contributed by atoms with Gasteiger partial charge in [-0.05, 0) is 56.7 Å². The fourth-order valence-electron chi connectivity index (χ4n) is 4.83. The molecule has 12 heteroatoms. The van der Waals surface area contributed by atoms with E-state index in [2.05, 4.69) is 15.3 Å². The molecule has 3 N–H and O–H groups in total. The predicted molar refractivity (Wildman–Crippen MR) is 168 cm³/mol. The Morgan fingerprint density at radius 2 is 1.73 bits per heavy atom. The molecule has 0 aliphatic carbocycles. The Morgan fingerprint density at radius 3 is 2.39 bits per heavy atom. The Balaban J connectivity index is 1.64. The van der Waals surface area contributed by atoms with Gasteiger partial charge in [-0.25, -0.2) is 18.7 Å². The fourth-order valence-corrected chi connectivity index (χ4v) is 6.13. The molecule has 0 radical (unpaired) electrons. The zero-order valence-electron chi connectivity index (χ0n) is 24.0. The van der Waals surface area contributed by atoms with Crippen molar-refractivity contribution >= 4 is 50.7 Å². The summed E-state index contributed by atoms with van der Waals surface area (Å²) in [5, 5.41) is 26.1. The average Bonchev–Trinajstić information content (AvgIpc) is 3.38. The van der Waals surface area contributed by atoms with Crippen molar-refractivity contribution in [2.45, 2.75) is 32.0 Å². The molecule has 7 nitrogen and oxygen atoms in total.